The van der Waals surface area contributed by atoms with Crippen molar-refractivity contribution in [3.05, 3.63) is 76.5 Å². The van der Waals surface area contributed by atoms with Crippen molar-refractivity contribution in [2.45, 2.75) is 26.3 Å². The summed E-state index contributed by atoms with van der Waals surface area (Å²) >= 11 is 0. The van der Waals surface area contributed by atoms with Crippen molar-refractivity contribution in [2.75, 3.05) is 6.54 Å². The van der Waals surface area contributed by atoms with Crippen LogP contribution in [0.1, 0.15) is 18.3 Å². The maximum Gasteiger partial charge on any atom is 0.261 e. The number of rotatable bonds is 6. The van der Waals surface area contributed by atoms with Gasteiger partial charge in [-0.3, -0.25) is 14.2 Å². The van der Waals surface area contributed by atoms with Crippen molar-refractivity contribution in [2.24, 2.45) is 0 Å². The molecule has 6 heteroatoms. The third kappa shape index (κ3) is 3.41. The Bertz CT molecular complexity index is 1210. The van der Waals surface area contributed by atoms with E-state index in [4.69, 9.17) is 0 Å². The van der Waals surface area contributed by atoms with Crippen molar-refractivity contribution in [1.29, 1.82) is 0 Å². The molecule has 4 rings (SSSR count). The van der Waals surface area contributed by atoms with E-state index in [-0.39, 0.29) is 11.5 Å². The Hall–Kier alpha value is -3.41. The first-order valence-corrected chi connectivity index (χ1v) is 9.47. The Balaban J connectivity index is 1.45. The summed E-state index contributed by atoms with van der Waals surface area (Å²) in [5, 5.41) is 4.58. The van der Waals surface area contributed by atoms with E-state index in [2.05, 4.69) is 15.3 Å². The molecule has 0 aliphatic heterocycles. The minimum absolute atomic E-state index is 0.0617. The lowest BCUT2D eigenvalue weighted by atomic mass is 10.1. The molecule has 0 aliphatic rings. The molecule has 2 aromatic carbocycles. The molecule has 0 bridgehead atoms. The van der Waals surface area contributed by atoms with Crippen molar-refractivity contribution < 1.29 is 4.79 Å². The van der Waals surface area contributed by atoms with Gasteiger partial charge >= 0.3 is 0 Å². The third-order valence-electron chi connectivity index (χ3n) is 4.94. The summed E-state index contributed by atoms with van der Waals surface area (Å²) in [6, 6.07) is 15.3. The van der Waals surface area contributed by atoms with Gasteiger partial charge in [-0.2, -0.15) is 0 Å². The largest absolute Gasteiger partial charge is 0.361 e. The molecule has 142 valence electrons. The summed E-state index contributed by atoms with van der Waals surface area (Å²) in [6.07, 6.45) is 2.83. The number of aromatic amines is 1. The Labute approximate surface area is 162 Å². The molecule has 2 aromatic heterocycles. The van der Waals surface area contributed by atoms with E-state index in [0.29, 0.717) is 36.8 Å². The first-order valence-electron chi connectivity index (χ1n) is 9.47. The number of carbonyl (C=O) groups is 1. The number of H-pyrrole nitrogens is 1. The molecular weight excluding hydrogens is 352 g/mol. The Morgan fingerprint density at radius 1 is 1.11 bits per heavy atom. The lowest BCUT2D eigenvalue weighted by molar-refractivity contribution is -0.120. The lowest BCUT2D eigenvalue weighted by Gasteiger charge is -2.13. The zero-order valence-corrected chi connectivity index (χ0v) is 15.7. The predicted octanol–water partition coefficient (Wildman–Crippen LogP) is 2.80. The normalized spacial score (nSPS) is 11.2. The number of hydrogen-bond acceptors (Lipinski definition) is 3. The van der Waals surface area contributed by atoms with Crippen LogP contribution in [0.5, 0.6) is 0 Å². The Morgan fingerprint density at radius 3 is 2.68 bits per heavy atom. The number of para-hydroxylation sites is 2. The summed E-state index contributed by atoms with van der Waals surface area (Å²) in [4.78, 5) is 32.9. The quantitative estimate of drug-likeness (QED) is 0.545. The fourth-order valence-corrected chi connectivity index (χ4v) is 3.53. The highest BCUT2D eigenvalue weighted by Gasteiger charge is 2.11. The van der Waals surface area contributed by atoms with Crippen LogP contribution in [0, 0.1) is 0 Å². The van der Waals surface area contributed by atoms with Crippen LogP contribution >= 0.6 is 0 Å². The molecule has 2 heterocycles. The monoisotopic (exact) mass is 374 g/mol. The molecule has 4 aromatic rings. The highest BCUT2D eigenvalue weighted by molar-refractivity contribution is 5.88. The highest BCUT2D eigenvalue weighted by Crippen LogP contribution is 2.17. The van der Waals surface area contributed by atoms with Crippen LogP contribution in [0.2, 0.25) is 0 Å². The second-order valence-corrected chi connectivity index (χ2v) is 6.74. The summed E-state index contributed by atoms with van der Waals surface area (Å²) in [5.74, 6) is 0.666. The van der Waals surface area contributed by atoms with E-state index in [9.17, 15) is 9.59 Å². The van der Waals surface area contributed by atoms with Gasteiger partial charge in [-0.1, -0.05) is 37.3 Å². The van der Waals surface area contributed by atoms with Gasteiger partial charge in [-0.25, -0.2) is 4.98 Å². The highest BCUT2D eigenvalue weighted by atomic mass is 16.1. The van der Waals surface area contributed by atoms with Crippen LogP contribution in [0.15, 0.2) is 59.5 Å². The molecule has 6 nitrogen and oxygen atoms in total. The van der Waals surface area contributed by atoms with E-state index in [0.717, 1.165) is 22.3 Å². The van der Waals surface area contributed by atoms with E-state index in [1.807, 2.05) is 55.6 Å². The lowest BCUT2D eigenvalue weighted by Crippen LogP contribution is -2.33. The number of aromatic nitrogens is 3. The second-order valence-electron chi connectivity index (χ2n) is 6.74. The first kappa shape index (κ1) is 18.0. The van der Waals surface area contributed by atoms with Crippen molar-refractivity contribution >= 4 is 27.7 Å². The van der Waals surface area contributed by atoms with E-state index < -0.39 is 0 Å². The average molecular weight is 374 g/mol. The molecule has 0 aliphatic carbocycles. The molecule has 28 heavy (non-hydrogen) atoms. The number of carbonyl (C=O) groups excluding carboxylic acids is 1. The van der Waals surface area contributed by atoms with Crippen LogP contribution in [-0.2, 0) is 24.2 Å². The molecule has 0 radical (unpaired) electrons. The molecule has 0 saturated heterocycles. The molecule has 2 N–H and O–H groups in total. The van der Waals surface area contributed by atoms with Crippen LogP contribution in [0.25, 0.3) is 21.8 Å². The molecule has 0 spiro atoms. The van der Waals surface area contributed by atoms with Gasteiger partial charge in [0.2, 0.25) is 5.91 Å². The van der Waals surface area contributed by atoms with E-state index in [1.165, 1.54) is 0 Å². The molecule has 1 amide bonds. The van der Waals surface area contributed by atoms with Crippen molar-refractivity contribution in [1.82, 2.24) is 19.9 Å². The van der Waals surface area contributed by atoms with Crippen molar-refractivity contribution in [3.8, 4) is 0 Å². The Kier molecular flexibility index (Phi) is 4.93. The minimum Gasteiger partial charge on any atom is -0.361 e. The number of fused-ring (bicyclic) bond motifs is 2. The number of benzene rings is 2. The SMILES string of the molecule is CCc1nc2ccccc2c(=O)n1CCNC(=O)Cc1c[nH]c2ccccc12. The van der Waals surface area contributed by atoms with Crippen LogP contribution in [0.4, 0.5) is 0 Å². The predicted molar refractivity (Wildman–Crippen MR) is 110 cm³/mol. The topological polar surface area (TPSA) is 79.8 Å². The third-order valence-corrected chi connectivity index (χ3v) is 4.94. The van der Waals surface area contributed by atoms with Gasteiger partial charge in [0.25, 0.3) is 5.56 Å². The summed E-state index contributed by atoms with van der Waals surface area (Å²) in [6.45, 7) is 2.76. The van der Waals surface area contributed by atoms with Crippen LogP contribution in [-0.4, -0.2) is 27.0 Å². The zero-order chi connectivity index (χ0) is 19.5. The van der Waals surface area contributed by atoms with Gasteiger partial charge in [-0.15, -0.1) is 0 Å². The molecular formula is C22H22N4O2. The fraction of sp³-hybridized carbons (Fsp3) is 0.227. The summed E-state index contributed by atoms with van der Waals surface area (Å²) in [5.41, 5.74) is 2.64. The zero-order valence-electron chi connectivity index (χ0n) is 15.7. The maximum atomic E-state index is 12.8. The maximum absolute atomic E-state index is 12.8. The molecule has 0 unspecified atom stereocenters. The van der Waals surface area contributed by atoms with Gasteiger partial charge in [0, 0.05) is 36.6 Å². The standard InChI is InChI=1S/C22H22N4O2/c1-2-20-25-19-10-6-4-8-17(19)22(28)26(20)12-11-23-21(27)13-15-14-24-18-9-5-3-7-16(15)18/h3-10,14,24H,2,11-13H2,1H3,(H,23,27). The van der Waals surface area contributed by atoms with Gasteiger partial charge < -0.3 is 10.3 Å². The smallest absolute Gasteiger partial charge is 0.261 e. The molecule has 0 fully saturated rings. The number of aryl methyl sites for hydroxylation is 1. The van der Waals surface area contributed by atoms with Gasteiger partial charge in [0.1, 0.15) is 5.82 Å². The minimum atomic E-state index is -0.0652. The average Bonchev–Trinajstić information content (AvgIpc) is 3.12. The summed E-state index contributed by atoms with van der Waals surface area (Å²) < 4.78 is 1.66. The van der Waals surface area contributed by atoms with Gasteiger partial charge in [-0.05, 0) is 23.8 Å². The number of hydrogen-bond donors (Lipinski definition) is 2. The van der Waals surface area contributed by atoms with Crippen LogP contribution < -0.4 is 10.9 Å². The van der Waals surface area contributed by atoms with Crippen LogP contribution in [0.3, 0.4) is 0 Å². The first-order chi connectivity index (χ1) is 13.7. The molecule has 0 saturated carbocycles. The second kappa shape index (κ2) is 7.68. The number of nitrogens with zero attached hydrogens (tertiary/aromatic N) is 2. The molecule has 0 atom stereocenters. The fourth-order valence-electron chi connectivity index (χ4n) is 3.53. The number of nitrogens with one attached hydrogen (secondary N) is 2. The van der Waals surface area contributed by atoms with E-state index in [1.54, 1.807) is 10.6 Å². The van der Waals surface area contributed by atoms with Gasteiger partial charge in [0.15, 0.2) is 0 Å². The Morgan fingerprint density at radius 2 is 1.86 bits per heavy atom. The summed E-state index contributed by atoms with van der Waals surface area (Å²) in [7, 11) is 0. The van der Waals surface area contributed by atoms with E-state index >= 15 is 0 Å². The number of amides is 1. The van der Waals surface area contributed by atoms with Gasteiger partial charge in [0.05, 0.1) is 17.3 Å². The van der Waals surface area contributed by atoms with Crippen molar-refractivity contribution in [3.63, 3.8) is 0 Å².